The summed E-state index contributed by atoms with van der Waals surface area (Å²) in [5, 5.41) is 2.91. The SMILES string of the molecule is CCOc1ccc(C(=O)CCC(=O)NCc2ccc(C[NH+]3CCCC3)cc2)cc1. The Balaban J connectivity index is 1.38. The summed E-state index contributed by atoms with van der Waals surface area (Å²) in [6.07, 6.45) is 3.07. The summed E-state index contributed by atoms with van der Waals surface area (Å²) in [6, 6.07) is 15.5. The van der Waals surface area contributed by atoms with Gasteiger partial charge in [-0.2, -0.15) is 0 Å². The number of carbonyl (C=O) groups excluding carboxylic acids is 2. The van der Waals surface area contributed by atoms with E-state index in [1.165, 1.54) is 31.5 Å². The van der Waals surface area contributed by atoms with Crippen molar-refractivity contribution in [1.82, 2.24) is 5.32 Å². The molecule has 0 radical (unpaired) electrons. The molecule has 0 aromatic heterocycles. The van der Waals surface area contributed by atoms with Crippen LogP contribution in [-0.2, 0) is 17.9 Å². The minimum atomic E-state index is -0.102. The Bertz CT molecular complexity index is 794. The number of nitrogens with one attached hydrogen (secondary N) is 2. The van der Waals surface area contributed by atoms with Crippen LogP contribution in [0.4, 0.5) is 0 Å². The fraction of sp³-hybridized carbons (Fsp3) is 0.417. The maximum absolute atomic E-state index is 12.2. The number of likely N-dealkylation sites (tertiary alicyclic amines) is 1. The van der Waals surface area contributed by atoms with Gasteiger partial charge in [-0.15, -0.1) is 0 Å². The molecule has 0 unspecified atom stereocenters. The average Bonchev–Trinajstić information content (AvgIpc) is 3.25. The summed E-state index contributed by atoms with van der Waals surface area (Å²) in [4.78, 5) is 26.0. The van der Waals surface area contributed by atoms with Gasteiger partial charge in [-0.1, -0.05) is 24.3 Å². The van der Waals surface area contributed by atoms with Crippen molar-refractivity contribution in [3.63, 3.8) is 0 Å². The van der Waals surface area contributed by atoms with Gasteiger partial charge in [-0.25, -0.2) is 0 Å². The zero-order chi connectivity index (χ0) is 20.5. The van der Waals surface area contributed by atoms with Crippen molar-refractivity contribution in [2.45, 2.75) is 45.7 Å². The molecular weight excluding hydrogens is 364 g/mol. The lowest BCUT2D eigenvalue weighted by atomic mass is 10.1. The van der Waals surface area contributed by atoms with Crippen molar-refractivity contribution in [3.05, 3.63) is 65.2 Å². The second-order valence-electron chi connectivity index (χ2n) is 7.61. The summed E-state index contributed by atoms with van der Waals surface area (Å²) in [5.41, 5.74) is 3.03. The number of ketones is 1. The number of hydrogen-bond acceptors (Lipinski definition) is 3. The van der Waals surface area contributed by atoms with Crippen molar-refractivity contribution in [3.8, 4) is 5.75 Å². The number of amides is 1. The van der Waals surface area contributed by atoms with Crippen LogP contribution in [0.15, 0.2) is 48.5 Å². The number of rotatable bonds is 10. The van der Waals surface area contributed by atoms with Crippen molar-refractivity contribution in [2.24, 2.45) is 0 Å². The monoisotopic (exact) mass is 395 g/mol. The van der Waals surface area contributed by atoms with E-state index >= 15 is 0 Å². The van der Waals surface area contributed by atoms with Gasteiger partial charge >= 0.3 is 0 Å². The normalized spacial score (nSPS) is 14.0. The molecule has 2 N–H and O–H groups in total. The van der Waals surface area contributed by atoms with Gasteiger partial charge in [0, 0.05) is 43.4 Å². The van der Waals surface area contributed by atoms with Gasteiger partial charge in [0.1, 0.15) is 12.3 Å². The molecule has 1 aliphatic heterocycles. The van der Waals surface area contributed by atoms with Crippen LogP contribution in [0.5, 0.6) is 5.75 Å². The van der Waals surface area contributed by atoms with E-state index < -0.39 is 0 Å². The smallest absolute Gasteiger partial charge is 0.220 e. The molecule has 1 amide bonds. The maximum Gasteiger partial charge on any atom is 0.220 e. The molecule has 0 spiro atoms. The first-order valence-electron chi connectivity index (χ1n) is 10.6. The first-order valence-corrected chi connectivity index (χ1v) is 10.6. The van der Waals surface area contributed by atoms with E-state index in [9.17, 15) is 9.59 Å². The molecule has 1 fully saturated rings. The summed E-state index contributed by atoms with van der Waals surface area (Å²) >= 11 is 0. The van der Waals surface area contributed by atoms with Crippen LogP contribution in [0.1, 0.15) is 54.1 Å². The fourth-order valence-electron chi connectivity index (χ4n) is 3.68. The van der Waals surface area contributed by atoms with Crippen LogP contribution < -0.4 is 15.0 Å². The van der Waals surface area contributed by atoms with Crippen molar-refractivity contribution in [1.29, 1.82) is 0 Å². The number of hydrogen-bond donors (Lipinski definition) is 2. The minimum Gasteiger partial charge on any atom is -0.494 e. The summed E-state index contributed by atoms with van der Waals surface area (Å²) in [6.45, 7) is 6.63. The van der Waals surface area contributed by atoms with Crippen LogP contribution in [0.2, 0.25) is 0 Å². The number of quaternary nitrogens is 1. The molecule has 0 aliphatic carbocycles. The lowest BCUT2D eigenvalue weighted by molar-refractivity contribution is -0.901. The molecule has 1 saturated heterocycles. The fourth-order valence-corrected chi connectivity index (χ4v) is 3.68. The molecule has 1 heterocycles. The average molecular weight is 396 g/mol. The number of ether oxygens (including phenoxy) is 1. The predicted octanol–water partition coefficient (Wildman–Crippen LogP) is 2.54. The van der Waals surface area contributed by atoms with E-state index in [1.807, 2.05) is 6.92 Å². The van der Waals surface area contributed by atoms with E-state index in [4.69, 9.17) is 4.74 Å². The Morgan fingerprint density at radius 3 is 2.24 bits per heavy atom. The van der Waals surface area contributed by atoms with Crippen LogP contribution in [-0.4, -0.2) is 31.4 Å². The highest BCUT2D eigenvalue weighted by molar-refractivity contribution is 5.98. The second-order valence-corrected chi connectivity index (χ2v) is 7.61. The molecule has 1 aliphatic rings. The highest BCUT2D eigenvalue weighted by Gasteiger charge is 2.15. The maximum atomic E-state index is 12.2. The molecule has 2 aromatic carbocycles. The highest BCUT2D eigenvalue weighted by atomic mass is 16.5. The molecule has 29 heavy (non-hydrogen) atoms. The van der Waals surface area contributed by atoms with Crippen LogP contribution >= 0.6 is 0 Å². The number of carbonyl (C=O) groups is 2. The van der Waals surface area contributed by atoms with Crippen molar-refractivity contribution in [2.75, 3.05) is 19.7 Å². The molecule has 5 nitrogen and oxygen atoms in total. The van der Waals surface area contributed by atoms with Gasteiger partial charge in [0.2, 0.25) is 5.91 Å². The topological polar surface area (TPSA) is 59.8 Å². The molecule has 3 rings (SSSR count). The van der Waals surface area contributed by atoms with Gasteiger partial charge in [-0.3, -0.25) is 9.59 Å². The Morgan fingerprint density at radius 2 is 1.59 bits per heavy atom. The number of benzene rings is 2. The molecule has 0 bridgehead atoms. The van der Waals surface area contributed by atoms with E-state index in [1.54, 1.807) is 29.2 Å². The molecule has 0 atom stereocenters. The number of Topliss-reactive ketones (excluding diaryl/α,β-unsaturated/α-hetero) is 1. The van der Waals surface area contributed by atoms with E-state index in [2.05, 4.69) is 29.6 Å². The summed E-state index contributed by atoms with van der Waals surface area (Å²) < 4.78 is 5.38. The van der Waals surface area contributed by atoms with Gasteiger partial charge in [-0.05, 0) is 36.8 Å². The van der Waals surface area contributed by atoms with Gasteiger partial charge in [0.25, 0.3) is 0 Å². The lowest BCUT2D eigenvalue weighted by Crippen LogP contribution is -3.08. The summed E-state index contributed by atoms with van der Waals surface area (Å²) in [7, 11) is 0. The molecule has 0 saturated carbocycles. The van der Waals surface area contributed by atoms with Gasteiger partial charge in [0.05, 0.1) is 19.7 Å². The zero-order valence-electron chi connectivity index (χ0n) is 17.2. The van der Waals surface area contributed by atoms with Crippen LogP contribution in [0, 0.1) is 0 Å². The van der Waals surface area contributed by atoms with Crippen LogP contribution in [0.25, 0.3) is 0 Å². The van der Waals surface area contributed by atoms with Crippen LogP contribution in [0.3, 0.4) is 0 Å². The minimum absolute atomic E-state index is 0.0306. The molecular formula is C24H31N2O3+. The molecule has 5 heteroatoms. The standard InChI is InChI=1S/C24H30N2O3/c1-2-29-22-11-9-21(10-12-22)23(27)13-14-24(28)25-17-19-5-7-20(8-6-19)18-26-15-3-4-16-26/h5-12H,2-4,13-18H2,1H3,(H,25,28)/p+1. The van der Waals surface area contributed by atoms with E-state index in [-0.39, 0.29) is 24.5 Å². The second kappa shape index (κ2) is 10.8. The largest absolute Gasteiger partial charge is 0.494 e. The first-order chi connectivity index (χ1) is 14.1. The van der Waals surface area contributed by atoms with Gasteiger partial charge in [0.15, 0.2) is 5.78 Å². The van der Waals surface area contributed by atoms with E-state index in [0.717, 1.165) is 17.9 Å². The first kappa shape index (κ1) is 21.1. The Kier molecular flexibility index (Phi) is 7.82. The Morgan fingerprint density at radius 1 is 0.931 bits per heavy atom. The van der Waals surface area contributed by atoms with E-state index in [0.29, 0.717) is 18.7 Å². The van der Waals surface area contributed by atoms with Gasteiger partial charge < -0.3 is 15.0 Å². The van der Waals surface area contributed by atoms with Crippen molar-refractivity contribution < 1.29 is 19.2 Å². The summed E-state index contributed by atoms with van der Waals surface area (Å²) in [5.74, 6) is 0.612. The lowest BCUT2D eigenvalue weighted by Gasteiger charge is -2.12. The quantitative estimate of drug-likeness (QED) is 0.608. The third-order valence-corrected chi connectivity index (χ3v) is 5.34. The third-order valence-electron chi connectivity index (χ3n) is 5.34. The molecule has 154 valence electrons. The van der Waals surface area contributed by atoms with Crippen molar-refractivity contribution >= 4 is 11.7 Å². The molecule has 2 aromatic rings. The Hall–Kier alpha value is -2.66. The zero-order valence-corrected chi connectivity index (χ0v) is 17.2. The predicted molar refractivity (Wildman–Crippen MR) is 113 cm³/mol. The highest BCUT2D eigenvalue weighted by Crippen LogP contribution is 2.14. The third kappa shape index (κ3) is 6.71. The Labute approximate surface area is 173 Å².